The van der Waals surface area contributed by atoms with Crippen molar-refractivity contribution in [2.45, 2.75) is 26.7 Å². The minimum atomic E-state index is 0.438. The van der Waals surface area contributed by atoms with Crippen molar-refractivity contribution in [1.82, 2.24) is 0 Å². The lowest BCUT2D eigenvalue weighted by Gasteiger charge is -2.15. The van der Waals surface area contributed by atoms with E-state index in [1.165, 1.54) is 55.4 Å². The Balaban J connectivity index is 1.65. The Labute approximate surface area is 197 Å². The molecule has 0 aliphatic heterocycles. The van der Waals surface area contributed by atoms with Crippen LogP contribution in [0.4, 0.5) is 0 Å². The van der Waals surface area contributed by atoms with Gasteiger partial charge in [0.15, 0.2) is 6.20 Å². The Morgan fingerprint density at radius 1 is 0.606 bits per heavy atom. The highest BCUT2D eigenvalue weighted by Gasteiger charge is 2.20. The molecule has 4 aromatic carbocycles. The first-order chi connectivity index (χ1) is 16.0. The number of aryl methyl sites for hydroxylation is 2. The molecule has 1 heteroatoms. The number of fused-ring (bicyclic) bond motifs is 1. The van der Waals surface area contributed by atoms with E-state index < -0.39 is 0 Å². The van der Waals surface area contributed by atoms with Gasteiger partial charge in [-0.3, -0.25) is 0 Å². The molecule has 0 saturated heterocycles. The van der Waals surface area contributed by atoms with Crippen LogP contribution in [0.2, 0.25) is 0 Å². The number of nitrogens with zero attached hydrogens (tertiary/aromatic N) is 1. The normalized spacial score (nSPS) is 11.3. The molecule has 0 amide bonds. The lowest BCUT2D eigenvalue weighted by atomic mass is 9.90. The van der Waals surface area contributed by atoms with Crippen LogP contribution in [0.5, 0.6) is 0 Å². The van der Waals surface area contributed by atoms with E-state index in [4.69, 9.17) is 0 Å². The third-order valence-corrected chi connectivity index (χ3v) is 6.61. The van der Waals surface area contributed by atoms with Crippen molar-refractivity contribution in [2.75, 3.05) is 0 Å². The highest BCUT2D eigenvalue weighted by atomic mass is 14.9. The molecule has 0 spiro atoms. The summed E-state index contributed by atoms with van der Waals surface area (Å²) >= 11 is 0. The summed E-state index contributed by atoms with van der Waals surface area (Å²) in [4.78, 5) is 0. The van der Waals surface area contributed by atoms with E-state index >= 15 is 0 Å². The zero-order valence-electron chi connectivity index (χ0n) is 19.8. The monoisotopic (exact) mass is 428 g/mol. The molecule has 0 bridgehead atoms. The molecule has 0 atom stereocenters. The Hall–Kier alpha value is -3.71. The molecule has 0 fully saturated rings. The van der Waals surface area contributed by atoms with Crippen LogP contribution in [0.3, 0.4) is 0 Å². The predicted octanol–water partition coefficient (Wildman–Crippen LogP) is 8.10. The summed E-state index contributed by atoms with van der Waals surface area (Å²) in [7, 11) is 2.16. The average Bonchev–Trinajstić information content (AvgIpc) is 2.84. The minimum Gasteiger partial charge on any atom is -0.201 e. The molecule has 5 rings (SSSR count). The van der Waals surface area contributed by atoms with E-state index in [9.17, 15) is 0 Å². The average molecular weight is 429 g/mol. The van der Waals surface area contributed by atoms with Crippen molar-refractivity contribution >= 4 is 10.8 Å². The summed E-state index contributed by atoms with van der Waals surface area (Å²) in [5.74, 6) is 0.438. The summed E-state index contributed by atoms with van der Waals surface area (Å²) in [5, 5.41) is 2.54. The molecule has 33 heavy (non-hydrogen) atoms. The van der Waals surface area contributed by atoms with Gasteiger partial charge in [-0.1, -0.05) is 86.6 Å². The van der Waals surface area contributed by atoms with Crippen molar-refractivity contribution in [3.05, 3.63) is 114 Å². The molecule has 0 radical (unpaired) electrons. The molecule has 1 aromatic heterocycles. The Kier molecular flexibility index (Phi) is 5.56. The molecule has 0 aliphatic carbocycles. The maximum absolute atomic E-state index is 2.37. The van der Waals surface area contributed by atoms with Crippen LogP contribution in [-0.2, 0) is 7.05 Å². The van der Waals surface area contributed by atoms with Crippen LogP contribution >= 0.6 is 0 Å². The van der Waals surface area contributed by atoms with Crippen LogP contribution in [0.25, 0.3) is 44.3 Å². The molecule has 1 nitrogen and oxygen atoms in total. The second-order valence-electron chi connectivity index (χ2n) is 9.25. The first-order valence-corrected chi connectivity index (χ1v) is 11.7. The van der Waals surface area contributed by atoms with Crippen molar-refractivity contribution in [3.8, 4) is 33.5 Å². The summed E-state index contributed by atoms with van der Waals surface area (Å²) in [6, 6.07) is 35.3. The number of hydrogen-bond acceptors (Lipinski definition) is 0. The van der Waals surface area contributed by atoms with Gasteiger partial charge in [0, 0.05) is 17.2 Å². The van der Waals surface area contributed by atoms with Gasteiger partial charge in [0.2, 0.25) is 5.69 Å². The fraction of sp³-hybridized carbons (Fsp3) is 0.156. The van der Waals surface area contributed by atoms with Crippen molar-refractivity contribution in [1.29, 1.82) is 0 Å². The van der Waals surface area contributed by atoms with Crippen molar-refractivity contribution < 1.29 is 4.57 Å². The van der Waals surface area contributed by atoms with Crippen molar-refractivity contribution in [2.24, 2.45) is 7.05 Å². The molecule has 0 unspecified atom stereocenters. The maximum Gasteiger partial charge on any atom is 0.213 e. The van der Waals surface area contributed by atoms with Gasteiger partial charge in [-0.2, -0.15) is 0 Å². The molecule has 1 heterocycles. The largest absolute Gasteiger partial charge is 0.213 e. The summed E-state index contributed by atoms with van der Waals surface area (Å²) in [6.45, 7) is 6.74. The molecular formula is C32H30N+. The van der Waals surface area contributed by atoms with Gasteiger partial charge in [-0.15, -0.1) is 0 Å². The van der Waals surface area contributed by atoms with Gasteiger partial charge in [-0.05, 0) is 69.6 Å². The van der Waals surface area contributed by atoms with Gasteiger partial charge >= 0.3 is 0 Å². The Morgan fingerprint density at radius 2 is 1.24 bits per heavy atom. The summed E-state index contributed by atoms with van der Waals surface area (Å²) in [5.41, 5.74) is 10.3. The first kappa shape index (κ1) is 21.2. The van der Waals surface area contributed by atoms with Crippen LogP contribution in [0.1, 0.15) is 30.9 Å². The molecule has 162 valence electrons. The third kappa shape index (κ3) is 4.07. The van der Waals surface area contributed by atoms with Gasteiger partial charge < -0.3 is 0 Å². The maximum atomic E-state index is 2.37. The zero-order valence-corrected chi connectivity index (χ0v) is 19.8. The lowest BCUT2D eigenvalue weighted by molar-refractivity contribution is -0.660. The molecular weight excluding hydrogens is 398 g/mol. The first-order valence-electron chi connectivity index (χ1n) is 11.7. The Morgan fingerprint density at radius 3 is 1.94 bits per heavy atom. The Bertz CT molecular complexity index is 1440. The molecule has 0 N–H and O–H groups in total. The number of benzene rings is 4. The van der Waals surface area contributed by atoms with Crippen molar-refractivity contribution in [3.63, 3.8) is 0 Å². The second kappa shape index (κ2) is 8.67. The summed E-state index contributed by atoms with van der Waals surface area (Å²) in [6.07, 6.45) is 2.31. The van der Waals surface area contributed by atoms with E-state index in [1.807, 2.05) is 0 Å². The molecule has 0 aliphatic rings. The number of aromatic nitrogens is 1. The van der Waals surface area contributed by atoms with Gasteiger partial charge in [0.05, 0.1) is 0 Å². The predicted molar refractivity (Wildman–Crippen MR) is 140 cm³/mol. The van der Waals surface area contributed by atoms with Gasteiger partial charge in [0.25, 0.3) is 0 Å². The topological polar surface area (TPSA) is 3.88 Å². The number of pyridine rings is 1. The fourth-order valence-electron chi connectivity index (χ4n) is 4.73. The summed E-state index contributed by atoms with van der Waals surface area (Å²) < 4.78 is 2.27. The standard InChI is InChI=1S/C32H30N/c1-22(2)31-21-33(4)32(29-13-9-8-10-23(29)3)20-30(31)28-17-16-26-18-25(14-15-27(26)19-28)24-11-6-5-7-12-24/h5-22H,1-4H3/q+1. The number of rotatable bonds is 4. The second-order valence-corrected chi connectivity index (χ2v) is 9.25. The smallest absolute Gasteiger partial charge is 0.201 e. The van der Waals surface area contributed by atoms with Crippen LogP contribution < -0.4 is 4.57 Å². The van der Waals surface area contributed by atoms with Gasteiger partial charge in [0.1, 0.15) is 7.05 Å². The van der Waals surface area contributed by atoms with Gasteiger partial charge in [-0.25, -0.2) is 4.57 Å². The van der Waals surface area contributed by atoms with E-state index in [0.29, 0.717) is 5.92 Å². The van der Waals surface area contributed by atoms with E-state index in [1.54, 1.807) is 0 Å². The van der Waals surface area contributed by atoms with Crippen LogP contribution in [0, 0.1) is 6.92 Å². The highest BCUT2D eigenvalue weighted by molar-refractivity contribution is 5.91. The zero-order chi connectivity index (χ0) is 22.9. The fourth-order valence-corrected chi connectivity index (χ4v) is 4.73. The van der Waals surface area contributed by atoms with Crippen LogP contribution in [0.15, 0.2) is 103 Å². The minimum absolute atomic E-state index is 0.438. The lowest BCUT2D eigenvalue weighted by Crippen LogP contribution is -2.32. The third-order valence-electron chi connectivity index (χ3n) is 6.61. The molecule has 0 saturated carbocycles. The van der Waals surface area contributed by atoms with E-state index in [2.05, 4.69) is 136 Å². The SMILES string of the molecule is Cc1ccccc1-c1cc(-c2ccc3cc(-c4ccccc4)ccc3c2)c(C(C)C)c[n+]1C. The molecule has 5 aromatic rings. The quantitative estimate of drug-likeness (QED) is 0.255. The number of hydrogen-bond donors (Lipinski definition) is 0. The van der Waals surface area contributed by atoms with E-state index in [0.717, 1.165) is 0 Å². The van der Waals surface area contributed by atoms with E-state index in [-0.39, 0.29) is 0 Å². The van der Waals surface area contributed by atoms with Crippen LogP contribution in [-0.4, -0.2) is 0 Å². The highest BCUT2D eigenvalue weighted by Crippen LogP contribution is 2.34.